The molecule has 19 heavy (non-hydrogen) atoms. The Kier molecular flexibility index (Phi) is 2.75. The van der Waals surface area contributed by atoms with Crippen molar-refractivity contribution in [2.45, 2.75) is 6.92 Å². The van der Waals surface area contributed by atoms with Gasteiger partial charge in [0, 0.05) is 16.3 Å². The van der Waals surface area contributed by atoms with E-state index in [4.69, 9.17) is 9.47 Å². The first-order valence-corrected chi connectivity index (χ1v) is 6.20. The number of hydrogen-bond acceptors (Lipinski definition) is 3. The lowest BCUT2D eigenvalue weighted by atomic mass is 10.0. The SMILES string of the molecule is COc1cc2c(c3ccccc13)OC(=O)[C@@H](C)C=C2. The van der Waals surface area contributed by atoms with Crippen LogP contribution in [0.4, 0.5) is 0 Å². The number of carbonyl (C=O) groups excluding carboxylic acids is 1. The molecule has 0 aromatic heterocycles. The van der Waals surface area contributed by atoms with Crippen molar-refractivity contribution in [3.05, 3.63) is 42.0 Å². The van der Waals surface area contributed by atoms with E-state index >= 15 is 0 Å². The normalized spacial score (nSPS) is 17.8. The lowest BCUT2D eigenvalue weighted by Crippen LogP contribution is -2.14. The predicted molar refractivity (Wildman–Crippen MR) is 74.3 cm³/mol. The third-order valence-corrected chi connectivity index (χ3v) is 3.34. The number of hydrogen-bond donors (Lipinski definition) is 0. The van der Waals surface area contributed by atoms with E-state index in [0.717, 1.165) is 22.1 Å². The molecule has 1 atom stereocenters. The Hall–Kier alpha value is -2.29. The summed E-state index contributed by atoms with van der Waals surface area (Å²) in [5.74, 6) is 0.925. The zero-order chi connectivity index (χ0) is 13.4. The van der Waals surface area contributed by atoms with E-state index < -0.39 is 0 Å². The van der Waals surface area contributed by atoms with Crippen molar-refractivity contribution in [2.24, 2.45) is 5.92 Å². The Bertz CT molecular complexity index is 686. The first-order chi connectivity index (χ1) is 9.20. The van der Waals surface area contributed by atoms with Gasteiger partial charge in [-0.2, -0.15) is 0 Å². The Labute approximate surface area is 111 Å². The number of ether oxygens (including phenoxy) is 2. The van der Waals surface area contributed by atoms with Gasteiger partial charge >= 0.3 is 5.97 Å². The van der Waals surface area contributed by atoms with Crippen LogP contribution in [0, 0.1) is 5.92 Å². The number of carbonyl (C=O) groups is 1. The van der Waals surface area contributed by atoms with E-state index in [1.165, 1.54) is 0 Å². The number of rotatable bonds is 1. The van der Waals surface area contributed by atoms with Crippen LogP contribution in [0.25, 0.3) is 16.8 Å². The zero-order valence-corrected chi connectivity index (χ0v) is 10.8. The molecule has 0 unspecified atom stereocenters. The molecule has 1 heterocycles. The van der Waals surface area contributed by atoms with Gasteiger partial charge in [0.25, 0.3) is 0 Å². The van der Waals surface area contributed by atoms with Crippen LogP contribution in [-0.4, -0.2) is 13.1 Å². The van der Waals surface area contributed by atoms with Crippen LogP contribution in [0.2, 0.25) is 0 Å². The maximum Gasteiger partial charge on any atom is 0.317 e. The molecule has 0 fully saturated rings. The fourth-order valence-electron chi connectivity index (χ4n) is 2.26. The molecule has 0 aliphatic carbocycles. The molecule has 3 rings (SSSR count). The minimum absolute atomic E-state index is 0.231. The van der Waals surface area contributed by atoms with E-state index in [-0.39, 0.29) is 11.9 Å². The van der Waals surface area contributed by atoms with Crippen molar-refractivity contribution in [3.63, 3.8) is 0 Å². The number of esters is 1. The quantitative estimate of drug-likeness (QED) is 0.578. The minimum Gasteiger partial charge on any atom is -0.496 e. The molecule has 3 heteroatoms. The van der Waals surface area contributed by atoms with Gasteiger partial charge in [0.15, 0.2) is 0 Å². The molecular weight excluding hydrogens is 240 g/mol. The average molecular weight is 254 g/mol. The average Bonchev–Trinajstić information content (AvgIpc) is 2.58. The van der Waals surface area contributed by atoms with E-state index in [9.17, 15) is 4.79 Å². The molecule has 1 aliphatic rings. The van der Waals surface area contributed by atoms with Gasteiger partial charge in [-0.3, -0.25) is 4.79 Å². The maximum atomic E-state index is 11.9. The summed E-state index contributed by atoms with van der Waals surface area (Å²) in [5, 5.41) is 1.84. The molecular formula is C16H14O3. The molecule has 0 saturated carbocycles. The second-order valence-corrected chi connectivity index (χ2v) is 4.61. The molecule has 0 saturated heterocycles. The van der Waals surface area contributed by atoms with Gasteiger partial charge in [-0.05, 0) is 13.0 Å². The Morgan fingerprint density at radius 3 is 2.68 bits per heavy atom. The molecule has 0 bridgehead atoms. The van der Waals surface area contributed by atoms with E-state index in [1.54, 1.807) is 7.11 Å². The summed E-state index contributed by atoms with van der Waals surface area (Å²) < 4.78 is 10.9. The molecule has 0 N–H and O–H groups in total. The largest absolute Gasteiger partial charge is 0.496 e. The van der Waals surface area contributed by atoms with Crippen molar-refractivity contribution in [2.75, 3.05) is 7.11 Å². The highest BCUT2D eigenvalue weighted by Gasteiger charge is 2.21. The Morgan fingerprint density at radius 2 is 1.95 bits per heavy atom. The van der Waals surface area contributed by atoms with Crippen molar-refractivity contribution in [1.29, 1.82) is 0 Å². The van der Waals surface area contributed by atoms with Crippen molar-refractivity contribution >= 4 is 22.8 Å². The summed E-state index contributed by atoms with van der Waals surface area (Å²) in [6, 6.07) is 9.66. The molecule has 3 nitrogen and oxygen atoms in total. The fraction of sp³-hybridized carbons (Fsp3) is 0.188. The molecule has 2 aromatic rings. The van der Waals surface area contributed by atoms with Crippen molar-refractivity contribution in [3.8, 4) is 11.5 Å². The standard InChI is InChI=1S/C16H14O3/c1-10-7-8-11-9-14(18-2)12-5-3-4-6-13(12)15(11)19-16(10)17/h3-10H,1-2H3/t10-/m0/s1. The second-order valence-electron chi connectivity index (χ2n) is 4.61. The van der Waals surface area contributed by atoms with Gasteiger partial charge < -0.3 is 9.47 Å². The number of methoxy groups -OCH3 is 1. The Morgan fingerprint density at radius 1 is 1.21 bits per heavy atom. The summed E-state index contributed by atoms with van der Waals surface area (Å²) in [6.07, 6.45) is 3.77. The van der Waals surface area contributed by atoms with Crippen LogP contribution in [0.5, 0.6) is 11.5 Å². The highest BCUT2D eigenvalue weighted by molar-refractivity contribution is 5.99. The second kappa shape index (κ2) is 4.43. The smallest absolute Gasteiger partial charge is 0.317 e. The highest BCUT2D eigenvalue weighted by Crippen LogP contribution is 2.38. The highest BCUT2D eigenvalue weighted by atomic mass is 16.5. The van der Waals surface area contributed by atoms with E-state index in [2.05, 4.69) is 0 Å². The topological polar surface area (TPSA) is 35.5 Å². The molecule has 1 aliphatic heterocycles. The third-order valence-electron chi connectivity index (χ3n) is 3.34. The maximum absolute atomic E-state index is 11.9. The summed E-state index contributed by atoms with van der Waals surface area (Å²) in [4.78, 5) is 11.9. The summed E-state index contributed by atoms with van der Waals surface area (Å²) in [6.45, 7) is 1.82. The van der Waals surface area contributed by atoms with Crippen LogP contribution in [0.1, 0.15) is 12.5 Å². The zero-order valence-electron chi connectivity index (χ0n) is 10.8. The number of benzene rings is 2. The fourth-order valence-corrected chi connectivity index (χ4v) is 2.26. The van der Waals surface area contributed by atoms with Crippen molar-refractivity contribution in [1.82, 2.24) is 0 Å². The first-order valence-electron chi connectivity index (χ1n) is 6.20. The minimum atomic E-state index is -0.239. The van der Waals surface area contributed by atoms with Crippen LogP contribution >= 0.6 is 0 Å². The lowest BCUT2D eigenvalue weighted by Gasteiger charge is -2.13. The van der Waals surface area contributed by atoms with Gasteiger partial charge in [-0.1, -0.05) is 36.4 Å². The molecule has 2 aromatic carbocycles. The van der Waals surface area contributed by atoms with Crippen LogP contribution in [-0.2, 0) is 4.79 Å². The predicted octanol–water partition coefficient (Wildman–Crippen LogP) is 3.42. The van der Waals surface area contributed by atoms with Gasteiger partial charge in [0.2, 0.25) is 0 Å². The van der Waals surface area contributed by atoms with Gasteiger partial charge in [0.05, 0.1) is 13.0 Å². The lowest BCUT2D eigenvalue weighted by molar-refractivity contribution is -0.136. The molecule has 0 spiro atoms. The molecule has 0 radical (unpaired) electrons. The monoisotopic (exact) mass is 254 g/mol. The first kappa shape index (κ1) is 11.8. The van der Waals surface area contributed by atoms with Gasteiger partial charge in [-0.25, -0.2) is 0 Å². The Balaban J connectivity index is 2.33. The van der Waals surface area contributed by atoms with E-state index in [1.807, 2.05) is 49.4 Å². The third kappa shape index (κ3) is 1.87. The van der Waals surface area contributed by atoms with Crippen LogP contribution < -0.4 is 9.47 Å². The van der Waals surface area contributed by atoms with Crippen LogP contribution in [0.15, 0.2) is 36.4 Å². The van der Waals surface area contributed by atoms with Crippen molar-refractivity contribution < 1.29 is 14.3 Å². The molecule has 0 amide bonds. The van der Waals surface area contributed by atoms with Gasteiger partial charge in [0.1, 0.15) is 11.5 Å². The number of fused-ring (bicyclic) bond motifs is 3. The van der Waals surface area contributed by atoms with Gasteiger partial charge in [-0.15, -0.1) is 0 Å². The summed E-state index contributed by atoms with van der Waals surface area (Å²) in [7, 11) is 1.64. The summed E-state index contributed by atoms with van der Waals surface area (Å²) >= 11 is 0. The van der Waals surface area contributed by atoms with Crippen LogP contribution in [0.3, 0.4) is 0 Å². The summed E-state index contributed by atoms with van der Waals surface area (Å²) in [5.41, 5.74) is 0.869. The van der Waals surface area contributed by atoms with E-state index in [0.29, 0.717) is 5.75 Å². The molecule has 96 valence electrons.